The minimum Gasteiger partial charge on any atom is -0.357 e. The van der Waals surface area contributed by atoms with Crippen molar-refractivity contribution < 1.29 is 22.8 Å². The van der Waals surface area contributed by atoms with Crippen LogP contribution in [0.1, 0.15) is 13.8 Å². The van der Waals surface area contributed by atoms with Gasteiger partial charge in [-0.25, -0.2) is 4.79 Å². The summed E-state index contributed by atoms with van der Waals surface area (Å²) in [5.74, 6) is 0.295. The molecule has 0 aromatic rings. The Morgan fingerprint density at radius 2 is 1.92 bits per heavy atom. The van der Waals surface area contributed by atoms with E-state index in [1.54, 1.807) is 0 Å². The van der Waals surface area contributed by atoms with Crippen LogP contribution in [0.25, 0.3) is 0 Å². The Hall–Kier alpha value is -2.04. The largest absolute Gasteiger partial charge is 0.403 e. The first-order valence-electron chi connectivity index (χ1n) is 8.66. The van der Waals surface area contributed by atoms with Crippen LogP contribution in [-0.2, 0) is 4.79 Å². The van der Waals surface area contributed by atoms with Crippen LogP contribution < -0.4 is 10.6 Å². The van der Waals surface area contributed by atoms with E-state index in [0.717, 1.165) is 4.90 Å². The Kier molecular flexibility index (Phi) is 6.68. The van der Waals surface area contributed by atoms with E-state index in [1.807, 2.05) is 11.8 Å². The van der Waals surface area contributed by atoms with Crippen LogP contribution in [0.4, 0.5) is 18.0 Å². The maximum absolute atomic E-state index is 12.8. The Morgan fingerprint density at radius 3 is 2.42 bits per heavy atom. The molecule has 0 aromatic heterocycles. The number of nitrogens with one attached hydrogen (secondary N) is 2. The number of urea groups is 1. The van der Waals surface area contributed by atoms with E-state index in [-0.39, 0.29) is 38.6 Å². The van der Waals surface area contributed by atoms with Crippen molar-refractivity contribution in [3.8, 4) is 0 Å². The molecule has 2 aliphatic heterocycles. The van der Waals surface area contributed by atoms with Crippen molar-refractivity contribution in [3.05, 3.63) is 0 Å². The maximum Gasteiger partial charge on any atom is 0.403 e. The molecule has 0 radical (unpaired) electrons. The average molecular weight is 378 g/mol. The Labute approximate surface area is 150 Å². The van der Waals surface area contributed by atoms with Crippen molar-refractivity contribution in [2.45, 2.75) is 26.1 Å². The predicted octanol–water partition coefficient (Wildman–Crippen LogP) is 0.0721. The van der Waals surface area contributed by atoms with E-state index in [2.05, 4.69) is 15.6 Å². The number of imide groups is 1. The first-order valence-corrected chi connectivity index (χ1v) is 8.66. The molecule has 8 nitrogen and oxygen atoms in total. The maximum atomic E-state index is 12.8. The van der Waals surface area contributed by atoms with Gasteiger partial charge in [-0.1, -0.05) is 0 Å². The second-order valence-electron chi connectivity index (χ2n) is 6.18. The van der Waals surface area contributed by atoms with E-state index >= 15 is 0 Å². The van der Waals surface area contributed by atoms with Crippen molar-refractivity contribution in [1.82, 2.24) is 25.3 Å². The summed E-state index contributed by atoms with van der Waals surface area (Å²) in [4.78, 5) is 31.9. The highest BCUT2D eigenvalue weighted by Gasteiger charge is 2.41. The van der Waals surface area contributed by atoms with Gasteiger partial charge in [0.05, 0.1) is 19.6 Å². The van der Waals surface area contributed by atoms with Crippen molar-refractivity contribution in [3.63, 3.8) is 0 Å². The zero-order chi connectivity index (χ0) is 19.3. The van der Waals surface area contributed by atoms with Gasteiger partial charge in [-0.2, -0.15) is 13.2 Å². The fourth-order valence-electron chi connectivity index (χ4n) is 2.89. The number of hydrogen-bond donors (Lipinski definition) is 2. The van der Waals surface area contributed by atoms with Crippen LogP contribution in [-0.4, -0.2) is 97.2 Å². The van der Waals surface area contributed by atoms with Gasteiger partial charge >= 0.3 is 12.2 Å². The zero-order valence-electron chi connectivity index (χ0n) is 15.0. The van der Waals surface area contributed by atoms with Gasteiger partial charge in [-0.3, -0.25) is 19.6 Å². The monoisotopic (exact) mass is 378 g/mol. The zero-order valence-corrected chi connectivity index (χ0v) is 15.0. The Morgan fingerprint density at radius 1 is 1.27 bits per heavy atom. The standard InChI is InChI=1S/C15H25F3N6O2/c1-3-19-13(20-4-5-24-12(25)10-21-14(24)26)23-8-6-22(7-9-23)11(2)15(16,17)18/h11H,3-10H2,1-2H3,(H,19,20)(H,21,26). The van der Waals surface area contributed by atoms with E-state index in [0.29, 0.717) is 25.6 Å². The molecule has 1 atom stereocenters. The number of amides is 3. The normalized spacial score (nSPS) is 21.2. The molecule has 2 N–H and O–H groups in total. The summed E-state index contributed by atoms with van der Waals surface area (Å²) in [5.41, 5.74) is 0. The number of halogens is 3. The van der Waals surface area contributed by atoms with Gasteiger partial charge in [0, 0.05) is 32.7 Å². The fraction of sp³-hybridized carbons (Fsp3) is 0.800. The van der Waals surface area contributed by atoms with Crippen molar-refractivity contribution in [1.29, 1.82) is 0 Å². The quantitative estimate of drug-likeness (QED) is 0.402. The second kappa shape index (κ2) is 8.56. The summed E-state index contributed by atoms with van der Waals surface area (Å²) in [5, 5.41) is 5.54. The molecule has 26 heavy (non-hydrogen) atoms. The smallest absolute Gasteiger partial charge is 0.357 e. The minimum absolute atomic E-state index is 0.00195. The van der Waals surface area contributed by atoms with Gasteiger partial charge in [0.25, 0.3) is 0 Å². The number of carbonyl (C=O) groups is 2. The molecule has 3 amide bonds. The minimum atomic E-state index is -4.23. The molecule has 0 spiro atoms. The van der Waals surface area contributed by atoms with E-state index in [9.17, 15) is 22.8 Å². The van der Waals surface area contributed by atoms with Gasteiger partial charge in [-0.15, -0.1) is 0 Å². The SMILES string of the molecule is CCNC(=NCCN1C(=O)CNC1=O)N1CCN(C(C)C(F)(F)F)CC1. The lowest BCUT2D eigenvalue weighted by molar-refractivity contribution is -0.181. The lowest BCUT2D eigenvalue weighted by atomic mass is 10.2. The highest BCUT2D eigenvalue weighted by Crippen LogP contribution is 2.25. The molecule has 0 bridgehead atoms. The number of hydrogen-bond acceptors (Lipinski definition) is 4. The number of piperazine rings is 1. The third-order valence-corrected chi connectivity index (χ3v) is 4.49. The molecular formula is C15H25F3N6O2. The van der Waals surface area contributed by atoms with Crippen LogP contribution in [0, 0.1) is 0 Å². The summed E-state index contributed by atoms with van der Waals surface area (Å²) in [6, 6.07) is -1.89. The van der Waals surface area contributed by atoms with Crippen molar-refractivity contribution in [2.24, 2.45) is 4.99 Å². The summed E-state index contributed by atoms with van der Waals surface area (Å²) in [7, 11) is 0. The molecule has 11 heteroatoms. The molecule has 2 rings (SSSR count). The van der Waals surface area contributed by atoms with Gasteiger partial charge in [0.2, 0.25) is 5.91 Å². The van der Waals surface area contributed by atoms with Crippen molar-refractivity contribution in [2.75, 3.05) is 52.4 Å². The molecule has 0 aliphatic carbocycles. The van der Waals surface area contributed by atoms with Gasteiger partial charge in [0.15, 0.2) is 5.96 Å². The van der Waals surface area contributed by atoms with E-state index < -0.39 is 18.2 Å². The lowest BCUT2D eigenvalue weighted by Gasteiger charge is -2.39. The summed E-state index contributed by atoms with van der Waals surface area (Å²) < 4.78 is 38.5. The Bertz CT molecular complexity index is 530. The second-order valence-corrected chi connectivity index (χ2v) is 6.18. The van der Waals surface area contributed by atoms with Gasteiger partial charge in [0.1, 0.15) is 6.04 Å². The predicted molar refractivity (Wildman–Crippen MR) is 89.8 cm³/mol. The Balaban J connectivity index is 1.89. The highest BCUT2D eigenvalue weighted by atomic mass is 19.4. The van der Waals surface area contributed by atoms with Crippen LogP contribution in [0.3, 0.4) is 0 Å². The first kappa shape index (κ1) is 20.3. The lowest BCUT2D eigenvalue weighted by Crippen LogP contribution is -2.56. The van der Waals surface area contributed by atoms with E-state index in [1.165, 1.54) is 11.8 Å². The van der Waals surface area contributed by atoms with Crippen LogP contribution in [0.15, 0.2) is 4.99 Å². The molecular weight excluding hydrogens is 353 g/mol. The number of nitrogens with zero attached hydrogens (tertiary/aromatic N) is 4. The number of alkyl halides is 3. The molecule has 148 valence electrons. The van der Waals surface area contributed by atoms with Gasteiger partial charge < -0.3 is 15.5 Å². The van der Waals surface area contributed by atoms with Gasteiger partial charge in [-0.05, 0) is 13.8 Å². The third-order valence-electron chi connectivity index (χ3n) is 4.49. The summed E-state index contributed by atoms with van der Waals surface area (Å²) >= 11 is 0. The molecule has 2 aliphatic rings. The number of carbonyl (C=O) groups excluding carboxylic acids is 2. The van der Waals surface area contributed by atoms with Crippen LogP contribution >= 0.6 is 0 Å². The van der Waals surface area contributed by atoms with Crippen LogP contribution in [0.2, 0.25) is 0 Å². The summed E-state index contributed by atoms with van der Waals surface area (Å²) in [6.07, 6.45) is -4.23. The topological polar surface area (TPSA) is 80.3 Å². The van der Waals surface area contributed by atoms with Crippen LogP contribution in [0.5, 0.6) is 0 Å². The number of aliphatic imine (C=N–C) groups is 1. The highest BCUT2D eigenvalue weighted by molar-refractivity contribution is 6.01. The third kappa shape index (κ3) is 4.99. The average Bonchev–Trinajstić information content (AvgIpc) is 2.91. The number of guanidine groups is 1. The fourth-order valence-corrected chi connectivity index (χ4v) is 2.89. The molecule has 2 fully saturated rings. The van der Waals surface area contributed by atoms with E-state index in [4.69, 9.17) is 0 Å². The summed E-state index contributed by atoms with van der Waals surface area (Å²) in [6.45, 7) is 5.53. The first-order chi connectivity index (χ1) is 12.2. The molecule has 2 saturated heterocycles. The molecule has 2 heterocycles. The number of rotatable bonds is 5. The molecule has 1 unspecified atom stereocenters. The molecule has 0 saturated carbocycles. The molecule has 0 aromatic carbocycles. The van der Waals surface area contributed by atoms with Crippen molar-refractivity contribution >= 4 is 17.9 Å².